The molecule has 0 fully saturated rings. The molecular weight excluding hydrogens is 417 g/mol. The molecule has 0 saturated heterocycles. The number of aromatic nitrogens is 3. The van der Waals surface area contributed by atoms with Gasteiger partial charge in [0.1, 0.15) is 0 Å². The normalized spacial score (nSPS) is 9.95. The summed E-state index contributed by atoms with van der Waals surface area (Å²) in [6.07, 6.45) is 3.78. The predicted molar refractivity (Wildman–Crippen MR) is 70.4 cm³/mol. The summed E-state index contributed by atoms with van der Waals surface area (Å²) in [5, 5.41) is 4.50. The van der Waals surface area contributed by atoms with Crippen molar-refractivity contribution >= 4 is 0 Å². The molecule has 0 aliphatic heterocycles. The minimum absolute atomic E-state index is 0. The summed E-state index contributed by atoms with van der Waals surface area (Å²) >= 11 is 0. The molecule has 98 valence electrons. The van der Waals surface area contributed by atoms with Gasteiger partial charge in [0.15, 0.2) is 0 Å². The zero-order valence-corrected chi connectivity index (χ0v) is 12.6. The quantitative estimate of drug-likeness (QED) is 0.587. The zero-order chi connectivity index (χ0) is 12.4. The molecule has 1 aromatic carbocycles. The number of pyridine rings is 1. The fourth-order valence-corrected chi connectivity index (χ4v) is 1.88. The average Bonchev–Trinajstić information content (AvgIpc) is 2.83. The van der Waals surface area contributed by atoms with Gasteiger partial charge in [-0.15, -0.1) is 6.07 Å². The number of para-hydroxylation sites is 1. The molecule has 0 aliphatic rings. The Morgan fingerprint density at radius 2 is 1.95 bits per heavy atom. The number of rotatable bonds is 2. The van der Waals surface area contributed by atoms with Crippen LogP contribution in [-0.4, -0.2) is 14.8 Å². The molecule has 4 heteroatoms. The molecule has 19 heavy (non-hydrogen) atoms. The Bertz CT molecular complexity index is 648. The summed E-state index contributed by atoms with van der Waals surface area (Å²) in [5.41, 5.74) is 3.89. The van der Waals surface area contributed by atoms with Crippen LogP contribution in [0.15, 0.2) is 54.9 Å². The fraction of sp³-hybridized carbons (Fsp3) is 0.0667. The first-order valence-electron chi connectivity index (χ1n) is 5.79. The first-order valence-corrected chi connectivity index (χ1v) is 5.79. The number of hydrogen-bond acceptors (Lipinski definition) is 2. The average molecular weight is 429 g/mol. The van der Waals surface area contributed by atoms with Crippen LogP contribution in [0.4, 0.5) is 0 Å². The van der Waals surface area contributed by atoms with Crippen molar-refractivity contribution in [2.24, 2.45) is 0 Å². The maximum Gasteiger partial charge on any atom is 0.0736 e. The Morgan fingerprint density at radius 3 is 2.63 bits per heavy atom. The predicted octanol–water partition coefficient (Wildman–Crippen LogP) is 3.04. The van der Waals surface area contributed by atoms with E-state index < -0.39 is 0 Å². The van der Waals surface area contributed by atoms with E-state index in [1.54, 1.807) is 6.20 Å². The first-order chi connectivity index (χ1) is 8.84. The Hall–Kier alpha value is -1.73. The van der Waals surface area contributed by atoms with Gasteiger partial charge < -0.3 is 0 Å². The maximum absolute atomic E-state index is 4.50. The van der Waals surface area contributed by atoms with E-state index in [9.17, 15) is 0 Å². The van der Waals surface area contributed by atoms with Crippen LogP contribution in [0.2, 0.25) is 0 Å². The molecule has 0 radical (unpaired) electrons. The minimum Gasteiger partial charge on any atom is -0.265 e. The third-order valence-corrected chi connectivity index (χ3v) is 2.78. The van der Waals surface area contributed by atoms with E-state index in [0.29, 0.717) is 0 Å². The smallest absolute Gasteiger partial charge is 0.0736 e. The van der Waals surface area contributed by atoms with E-state index in [2.05, 4.69) is 16.1 Å². The van der Waals surface area contributed by atoms with Gasteiger partial charge in [0.05, 0.1) is 11.4 Å². The van der Waals surface area contributed by atoms with Crippen molar-refractivity contribution in [1.82, 2.24) is 14.8 Å². The van der Waals surface area contributed by atoms with Gasteiger partial charge in [0.25, 0.3) is 0 Å². The van der Waals surface area contributed by atoms with Crippen LogP contribution in [-0.2, 0) is 21.1 Å². The molecule has 3 rings (SSSR count). The summed E-state index contributed by atoms with van der Waals surface area (Å²) in [6, 6.07) is 16.8. The van der Waals surface area contributed by atoms with Gasteiger partial charge in [-0.05, 0) is 24.7 Å². The molecule has 3 nitrogen and oxygen atoms in total. The molecule has 3 aromatic rings. The topological polar surface area (TPSA) is 30.7 Å². The van der Waals surface area contributed by atoms with Crippen molar-refractivity contribution in [2.75, 3.05) is 0 Å². The van der Waals surface area contributed by atoms with Crippen LogP contribution >= 0.6 is 0 Å². The second kappa shape index (κ2) is 5.94. The van der Waals surface area contributed by atoms with Gasteiger partial charge in [0.2, 0.25) is 0 Å². The van der Waals surface area contributed by atoms with Crippen LogP contribution in [0.3, 0.4) is 0 Å². The number of hydrogen-bond donors (Lipinski definition) is 0. The summed E-state index contributed by atoms with van der Waals surface area (Å²) in [4.78, 5) is 4.35. The van der Waals surface area contributed by atoms with E-state index in [1.165, 1.54) is 0 Å². The maximum atomic E-state index is 4.50. The molecule has 0 amide bonds. The van der Waals surface area contributed by atoms with E-state index in [4.69, 9.17) is 0 Å². The summed E-state index contributed by atoms with van der Waals surface area (Å²) in [7, 11) is 0. The Morgan fingerprint density at radius 1 is 1.11 bits per heavy atom. The SMILES string of the molecule is Cc1nn(-c2[c-]cccc2)cc1-c1ccccn1.[Pt]. The molecule has 0 bridgehead atoms. The van der Waals surface area contributed by atoms with Crippen LogP contribution in [0.5, 0.6) is 0 Å². The Balaban J connectivity index is 0.00000133. The van der Waals surface area contributed by atoms with Gasteiger partial charge in [-0.3, -0.25) is 9.67 Å². The monoisotopic (exact) mass is 429 g/mol. The van der Waals surface area contributed by atoms with Gasteiger partial charge >= 0.3 is 0 Å². The molecule has 0 N–H and O–H groups in total. The molecule has 2 aromatic heterocycles. The summed E-state index contributed by atoms with van der Waals surface area (Å²) in [5.74, 6) is 0. The van der Waals surface area contributed by atoms with E-state index >= 15 is 0 Å². The Labute approximate surface area is 126 Å². The van der Waals surface area contributed by atoms with Gasteiger partial charge in [-0.2, -0.15) is 29.4 Å². The minimum atomic E-state index is 0. The fourth-order valence-electron chi connectivity index (χ4n) is 1.88. The largest absolute Gasteiger partial charge is 0.265 e. The molecule has 0 atom stereocenters. The van der Waals surface area contributed by atoms with Crippen molar-refractivity contribution in [1.29, 1.82) is 0 Å². The first kappa shape index (κ1) is 13.7. The van der Waals surface area contributed by atoms with Crippen molar-refractivity contribution < 1.29 is 21.1 Å². The standard InChI is InChI=1S/C15H12N3.Pt/c1-12-14(15-9-5-6-10-16-15)11-18(17-12)13-7-3-2-4-8-13;/h2-7,9-11H,1H3;/q-1;. The molecule has 0 saturated carbocycles. The second-order valence-electron chi connectivity index (χ2n) is 4.04. The van der Waals surface area contributed by atoms with Gasteiger partial charge in [-0.1, -0.05) is 6.07 Å². The zero-order valence-electron chi connectivity index (χ0n) is 10.4. The second-order valence-corrected chi connectivity index (χ2v) is 4.04. The van der Waals surface area contributed by atoms with E-state index in [0.717, 1.165) is 22.6 Å². The summed E-state index contributed by atoms with van der Waals surface area (Å²) < 4.78 is 1.83. The van der Waals surface area contributed by atoms with Crippen molar-refractivity contribution in [3.8, 4) is 16.9 Å². The molecule has 0 aliphatic carbocycles. The van der Waals surface area contributed by atoms with E-state index in [-0.39, 0.29) is 21.1 Å². The third kappa shape index (κ3) is 2.82. The number of benzene rings is 1. The number of nitrogens with zero attached hydrogens (tertiary/aromatic N) is 3. The van der Waals surface area contributed by atoms with Crippen LogP contribution in [0, 0.1) is 13.0 Å². The van der Waals surface area contributed by atoms with E-state index in [1.807, 2.05) is 60.3 Å². The van der Waals surface area contributed by atoms with Crippen LogP contribution in [0.25, 0.3) is 16.9 Å². The molecule has 0 unspecified atom stereocenters. The van der Waals surface area contributed by atoms with Crippen molar-refractivity contribution in [2.45, 2.75) is 6.92 Å². The van der Waals surface area contributed by atoms with Crippen LogP contribution < -0.4 is 0 Å². The van der Waals surface area contributed by atoms with Crippen molar-refractivity contribution in [3.05, 3.63) is 66.6 Å². The molecular formula is C15H12N3Pt-. The van der Waals surface area contributed by atoms with Gasteiger partial charge in [0, 0.05) is 39.0 Å². The third-order valence-electron chi connectivity index (χ3n) is 2.78. The van der Waals surface area contributed by atoms with Crippen molar-refractivity contribution in [3.63, 3.8) is 0 Å². The summed E-state index contributed by atoms with van der Waals surface area (Å²) in [6.45, 7) is 1.99. The van der Waals surface area contributed by atoms with Crippen LogP contribution in [0.1, 0.15) is 5.69 Å². The Kier molecular flexibility index (Phi) is 4.28. The molecule has 2 heterocycles. The number of aryl methyl sites for hydroxylation is 1. The molecule has 0 spiro atoms. The van der Waals surface area contributed by atoms with Gasteiger partial charge in [-0.25, -0.2) is 0 Å².